The highest BCUT2D eigenvalue weighted by Crippen LogP contribution is 2.36. The molecule has 0 aliphatic carbocycles. The van der Waals surface area contributed by atoms with Gasteiger partial charge in [0, 0.05) is 5.56 Å². The van der Waals surface area contributed by atoms with Gasteiger partial charge in [0.2, 0.25) is 0 Å². The molecular weight excluding hydrogens is 250 g/mol. The lowest BCUT2D eigenvalue weighted by Crippen LogP contribution is -1.92. The van der Waals surface area contributed by atoms with Crippen molar-refractivity contribution in [2.45, 2.75) is 13.8 Å². The van der Waals surface area contributed by atoms with Crippen molar-refractivity contribution >= 4 is 11.5 Å². The average Bonchev–Trinajstić information content (AvgIpc) is 2.47. The van der Waals surface area contributed by atoms with Crippen molar-refractivity contribution in [3.05, 3.63) is 58.9 Å². The lowest BCUT2D eigenvalue weighted by atomic mass is 9.99. The number of benzene rings is 2. The first-order valence-corrected chi connectivity index (χ1v) is 6.24. The molecule has 0 N–H and O–H groups in total. The minimum absolute atomic E-state index is 0.0310. The zero-order valence-electron chi connectivity index (χ0n) is 11.7. The zero-order chi connectivity index (χ0) is 14.7. The lowest BCUT2D eigenvalue weighted by molar-refractivity contribution is 0.101. The number of ketones is 1. The first-order chi connectivity index (χ1) is 9.56. The van der Waals surface area contributed by atoms with E-state index in [0.29, 0.717) is 11.3 Å². The smallest absolute Gasteiger partial charge is 0.195 e. The summed E-state index contributed by atoms with van der Waals surface area (Å²) in [5.41, 5.74) is 3.90. The van der Waals surface area contributed by atoms with Crippen LogP contribution in [0.3, 0.4) is 0 Å². The van der Waals surface area contributed by atoms with Gasteiger partial charge in [0.15, 0.2) is 11.5 Å². The second-order valence-electron chi connectivity index (χ2n) is 4.58. The molecule has 20 heavy (non-hydrogen) atoms. The SMILES string of the molecule is [C-]#[N+]c1cc(C)c(OC)cc1-c1ccc(C(C)=O)cc1. The van der Waals surface area contributed by atoms with E-state index in [9.17, 15) is 4.79 Å². The molecule has 0 saturated heterocycles. The first kappa shape index (κ1) is 13.8. The number of hydrogen-bond acceptors (Lipinski definition) is 2. The van der Waals surface area contributed by atoms with Crippen molar-refractivity contribution in [3.63, 3.8) is 0 Å². The number of hydrogen-bond donors (Lipinski definition) is 0. The number of methoxy groups -OCH3 is 1. The molecule has 0 unspecified atom stereocenters. The van der Waals surface area contributed by atoms with Crippen LogP contribution < -0.4 is 4.74 Å². The van der Waals surface area contributed by atoms with Gasteiger partial charge in [-0.05, 0) is 42.7 Å². The van der Waals surface area contributed by atoms with Crippen LogP contribution >= 0.6 is 0 Å². The molecule has 0 amide bonds. The molecular formula is C17H15NO2. The van der Waals surface area contributed by atoms with Crippen LogP contribution in [0.5, 0.6) is 5.75 Å². The minimum Gasteiger partial charge on any atom is -0.497 e. The van der Waals surface area contributed by atoms with Crippen LogP contribution in [-0.2, 0) is 0 Å². The molecule has 2 aromatic rings. The molecule has 0 atom stereocenters. The van der Waals surface area contributed by atoms with Crippen molar-refractivity contribution in [3.8, 4) is 16.9 Å². The van der Waals surface area contributed by atoms with Crippen LogP contribution in [0.4, 0.5) is 5.69 Å². The molecule has 0 aliphatic heterocycles. The van der Waals surface area contributed by atoms with Crippen LogP contribution in [0, 0.1) is 13.5 Å². The van der Waals surface area contributed by atoms with Gasteiger partial charge in [0.25, 0.3) is 0 Å². The van der Waals surface area contributed by atoms with Gasteiger partial charge >= 0.3 is 0 Å². The molecule has 2 aromatic carbocycles. The monoisotopic (exact) mass is 265 g/mol. The Kier molecular flexibility index (Phi) is 3.86. The van der Waals surface area contributed by atoms with E-state index in [1.54, 1.807) is 19.2 Å². The minimum atomic E-state index is 0.0310. The largest absolute Gasteiger partial charge is 0.497 e. The predicted molar refractivity (Wildman–Crippen MR) is 79.4 cm³/mol. The van der Waals surface area contributed by atoms with Gasteiger partial charge in [-0.15, -0.1) is 0 Å². The fourth-order valence-corrected chi connectivity index (χ4v) is 2.10. The maximum absolute atomic E-state index is 11.3. The summed E-state index contributed by atoms with van der Waals surface area (Å²) in [5.74, 6) is 0.784. The number of carbonyl (C=O) groups excluding carboxylic acids is 1. The number of Topliss-reactive ketones (excluding diaryl/α,β-unsaturated/α-hetero) is 1. The number of ether oxygens (including phenoxy) is 1. The number of carbonyl (C=O) groups is 1. The van der Waals surface area contributed by atoms with Crippen LogP contribution in [0.15, 0.2) is 36.4 Å². The van der Waals surface area contributed by atoms with Crippen LogP contribution in [0.2, 0.25) is 0 Å². The summed E-state index contributed by atoms with van der Waals surface area (Å²) < 4.78 is 5.31. The van der Waals surface area contributed by atoms with E-state index in [1.807, 2.05) is 31.2 Å². The second-order valence-corrected chi connectivity index (χ2v) is 4.58. The molecule has 0 fully saturated rings. The number of aryl methyl sites for hydroxylation is 1. The molecule has 0 heterocycles. The fraction of sp³-hybridized carbons (Fsp3) is 0.176. The van der Waals surface area contributed by atoms with E-state index in [1.165, 1.54) is 6.92 Å². The van der Waals surface area contributed by atoms with Crippen LogP contribution in [0.1, 0.15) is 22.8 Å². The summed E-state index contributed by atoms with van der Waals surface area (Å²) in [6.07, 6.45) is 0. The van der Waals surface area contributed by atoms with Gasteiger partial charge in [-0.25, -0.2) is 4.85 Å². The lowest BCUT2D eigenvalue weighted by Gasteiger charge is -2.11. The summed E-state index contributed by atoms with van der Waals surface area (Å²) in [4.78, 5) is 14.9. The van der Waals surface area contributed by atoms with Gasteiger partial charge in [0.05, 0.1) is 13.7 Å². The van der Waals surface area contributed by atoms with E-state index in [2.05, 4.69) is 4.85 Å². The standard InChI is InChI=1S/C17H15NO2/c1-11-9-16(18-3)15(10-17(11)20-4)14-7-5-13(6-8-14)12(2)19/h5-10H,1-2,4H3. The zero-order valence-corrected chi connectivity index (χ0v) is 11.7. The number of nitrogens with zero attached hydrogens (tertiary/aromatic N) is 1. The molecule has 0 saturated carbocycles. The highest BCUT2D eigenvalue weighted by Gasteiger charge is 2.10. The summed E-state index contributed by atoms with van der Waals surface area (Å²) in [6.45, 7) is 10.7. The maximum Gasteiger partial charge on any atom is 0.195 e. The van der Waals surface area contributed by atoms with E-state index in [4.69, 9.17) is 11.3 Å². The fourth-order valence-electron chi connectivity index (χ4n) is 2.10. The van der Waals surface area contributed by atoms with Gasteiger partial charge in [-0.2, -0.15) is 0 Å². The topological polar surface area (TPSA) is 30.7 Å². The van der Waals surface area contributed by atoms with Crippen molar-refractivity contribution in [1.29, 1.82) is 0 Å². The van der Waals surface area contributed by atoms with Crippen molar-refractivity contribution < 1.29 is 9.53 Å². The van der Waals surface area contributed by atoms with Crippen molar-refractivity contribution in [2.75, 3.05) is 7.11 Å². The van der Waals surface area contributed by atoms with Crippen molar-refractivity contribution in [1.82, 2.24) is 0 Å². The van der Waals surface area contributed by atoms with Gasteiger partial charge in [0.1, 0.15) is 5.75 Å². The van der Waals surface area contributed by atoms with E-state index in [-0.39, 0.29) is 5.78 Å². The van der Waals surface area contributed by atoms with Gasteiger partial charge in [-0.1, -0.05) is 24.3 Å². The summed E-state index contributed by atoms with van der Waals surface area (Å²) >= 11 is 0. The summed E-state index contributed by atoms with van der Waals surface area (Å²) in [6, 6.07) is 11.0. The highest BCUT2D eigenvalue weighted by molar-refractivity contribution is 5.94. The Hall–Kier alpha value is -2.60. The third kappa shape index (κ3) is 2.55. The Labute approximate surface area is 118 Å². The molecule has 3 heteroatoms. The Morgan fingerprint density at radius 2 is 1.85 bits per heavy atom. The predicted octanol–water partition coefficient (Wildman–Crippen LogP) is 4.42. The van der Waals surface area contributed by atoms with E-state index in [0.717, 1.165) is 22.4 Å². The molecule has 100 valence electrons. The van der Waals surface area contributed by atoms with E-state index >= 15 is 0 Å². The Bertz CT molecular complexity index is 694. The third-order valence-electron chi connectivity index (χ3n) is 3.24. The normalized spacial score (nSPS) is 9.90. The molecule has 0 radical (unpaired) electrons. The molecule has 0 spiro atoms. The molecule has 0 aromatic heterocycles. The highest BCUT2D eigenvalue weighted by atomic mass is 16.5. The Balaban J connectivity index is 2.56. The maximum atomic E-state index is 11.3. The van der Waals surface area contributed by atoms with Crippen molar-refractivity contribution in [2.24, 2.45) is 0 Å². The average molecular weight is 265 g/mol. The molecule has 0 aliphatic rings. The van der Waals surface area contributed by atoms with Crippen LogP contribution in [0.25, 0.3) is 16.0 Å². The Morgan fingerprint density at radius 1 is 1.20 bits per heavy atom. The molecule has 3 nitrogen and oxygen atoms in total. The van der Waals surface area contributed by atoms with Crippen LogP contribution in [-0.4, -0.2) is 12.9 Å². The Morgan fingerprint density at radius 3 is 2.35 bits per heavy atom. The second kappa shape index (κ2) is 5.58. The van der Waals surface area contributed by atoms with E-state index < -0.39 is 0 Å². The quantitative estimate of drug-likeness (QED) is 0.607. The first-order valence-electron chi connectivity index (χ1n) is 6.24. The summed E-state index contributed by atoms with van der Waals surface area (Å²) in [7, 11) is 1.61. The van der Waals surface area contributed by atoms with Gasteiger partial charge in [-0.3, -0.25) is 4.79 Å². The summed E-state index contributed by atoms with van der Waals surface area (Å²) in [5, 5.41) is 0. The van der Waals surface area contributed by atoms with Gasteiger partial charge < -0.3 is 4.74 Å². The molecule has 2 rings (SSSR count). The third-order valence-corrected chi connectivity index (χ3v) is 3.24. The number of rotatable bonds is 3. The molecule has 0 bridgehead atoms.